The van der Waals surface area contributed by atoms with Crippen LogP contribution in [0.25, 0.3) is 0 Å². The van der Waals surface area contributed by atoms with Crippen LogP contribution in [0.4, 0.5) is 0 Å². The zero-order valence-corrected chi connectivity index (χ0v) is 20.6. The number of carboxylic acid groups (broad SMARTS) is 1. The van der Waals surface area contributed by atoms with Gasteiger partial charge in [-0.1, -0.05) is 92.8 Å². The van der Waals surface area contributed by atoms with Gasteiger partial charge < -0.3 is 5.11 Å². The summed E-state index contributed by atoms with van der Waals surface area (Å²) in [5.41, 5.74) is -0.376. The molecule has 3 rings (SSSR count). The van der Waals surface area contributed by atoms with E-state index in [-0.39, 0.29) is 38.0 Å². The Balaban J connectivity index is 0.00000363. The summed E-state index contributed by atoms with van der Waals surface area (Å²) in [4.78, 5) is 11.9. The van der Waals surface area contributed by atoms with Gasteiger partial charge in [-0.25, -0.2) is 13.2 Å². The number of rotatable bonds is 4. The normalized spacial score (nSPS) is 19.4. The first kappa shape index (κ1) is 27.0. The Labute approximate surface area is 208 Å². The Morgan fingerprint density at radius 3 is 2.00 bits per heavy atom. The highest BCUT2D eigenvalue weighted by Gasteiger charge is 2.50. The van der Waals surface area contributed by atoms with E-state index in [0.717, 1.165) is 4.31 Å². The maximum Gasteiger partial charge on any atom is 0.333 e. The van der Waals surface area contributed by atoms with Crippen molar-refractivity contribution in [1.29, 1.82) is 0 Å². The molecule has 2 aromatic rings. The number of sulfonamides is 1. The average molecular weight is 539 g/mol. The predicted octanol–water partition coefficient (Wildman–Crippen LogP) is 7.11. The molecular weight excluding hydrogens is 516 g/mol. The molecule has 0 saturated carbocycles. The van der Waals surface area contributed by atoms with Crippen LogP contribution in [0.15, 0.2) is 52.9 Å². The van der Waals surface area contributed by atoms with Gasteiger partial charge in [0.15, 0.2) is 0 Å². The van der Waals surface area contributed by atoms with E-state index in [1.165, 1.54) is 36.4 Å². The first-order valence-corrected chi connectivity index (χ1v) is 12.1. The van der Waals surface area contributed by atoms with Gasteiger partial charge in [-0.2, -0.15) is 4.31 Å². The number of hydrogen-bond acceptors (Lipinski definition) is 3. The second-order valence-corrected chi connectivity index (χ2v) is 11.6. The molecule has 0 unspecified atom stereocenters. The van der Waals surface area contributed by atoms with Crippen molar-refractivity contribution < 1.29 is 18.3 Å². The Bertz CT molecular complexity index is 1170. The second-order valence-electron chi connectivity index (χ2n) is 8.20. The minimum atomic E-state index is -4.34. The lowest BCUT2D eigenvalue weighted by molar-refractivity contribution is -0.133. The molecule has 10 heteroatoms. The fourth-order valence-corrected chi connectivity index (χ4v) is 6.90. The topological polar surface area (TPSA) is 74.7 Å². The van der Waals surface area contributed by atoms with Crippen molar-refractivity contribution in [3.8, 4) is 0 Å². The zero-order chi connectivity index (χ0) is 23.3. The SMILES string of the molecule is C.CC(C)(C)[C@@H]1C=C(C(=O)O)[C@H](c2ccc(Cl)c(Cl)c2)N1S(=O)(=O)c1c(Cl)cccc1Cl. The molecular formula is C22H23Cl4NO4S. The zero-order valence-electron chi connectivity index (χ0n) is 16.7. The summed E-state index contributed by atoms with van der Waals surface area (Å²) >= 11 is 24.6. The molecule has 0 aromatic heterocycles. The van der Waals surface area contributed by atoms with Crippen molar-refractivity contribution in [2.24, 2.45) is 5.41 Å². The number of aliphatic carboxylic acids is 1. The number of carbonyl (C=O) groups is 1. The van der Waals surface area contributed by atoms with Crippen molar-refractivity contribution in [3.05, 3.63) is 73.7 Å². The van der Waals surface area contributed by atoms with Crippen LogP contribution < -0.4 is 0 Å². The number of hydrogen-bond donors (Lipinski definition) is 1. The summed E-state index contributed by atoms with van der Waals surface area (Å²) in [6, 6.07) is 6.93. The lowest BCUT2D eigenvalue weighted by Crippen LogP contribution is -2.45. The fraction of sp³-hybridized carbons (Fsp3) is 0.318. The highest BCUT2D eigenvalue weighted by atomic mass is 35.5. The van der Waals surface area contributed by atoms with E-state index >= 15 is 0 Å². The molecule has 0 fully saturated rings. The molecule has 1 heterocycles. The Kier molecular flexibility index (Phi) is 8.03. The minimum absolute atomic E-state index is 0. The van der Waals surface area contributed by atoms with E-state index in [2.05, 4.69) is 0 Å². The van der Waals surface area contributed by atoms with E-state index in [9.17, 15) is 18.3 Å². The van der Waals surface area contributed by atoms with Crippen LogP contribution in [0.5, 0.6) is 0 Å². The quantitative estimate of drug-likeness (QED) is 0.450. The molecule has 32 heavy (non-hydrogen) atoms. The highest BCUT2D eigenvalue weighted by Crippen LogP contribution is 2.48. The van der Waals surface area contributed by atoms with Crippen molar-refractivity contribution in [2.45, 2.75) is 45.2 Å². The summed E-state index contributed by atoms with van der Waals surface area (Å²) in [7, 11) is -4.34. The number of halogens is 4. The third-order valence-corrected chi connectivity index (χ3v) is 8.55. The molecule has 0 saturated heterocycles. The molecule has 2 aromatic carbocycles. The van der Waals surface area contributed by atoms with Crippen LogP contribution in [0.1, 0.15) is 39.8 Å². The van der Waals surface area contributed by atoms with Crippen LogP contribution in [0, 0.1) is 5.41 Å². The molecule has 5 nitrogen and oxygen atoms in total. The molecule has 1 N–H and O–H groups in total. The van der Waals surface area contributed by atoms with E-state index in [1.54, 1.807) is 6.07 Å². The molecule has 174 valence electrons. The van der Waals surface area contributed by atoms with Crippen LogP contribution in [0.3, 0.4) is 0 Å². The van der Waals surface area contributed by atoms with Gasteiger partial charge in [-0.15, -0.1) is 0 Å². The molecule has 1 aliphatic rings. The van der Waals surface area contributed by atoms with E-state index in [4.69, 9.17) is 46.4 Å². The first-order chi connectivity index (χ1) is 14.3. The van der Waals surface area contributed by atoms with Crippen LogP contribution in [-0.4, -0.2) is 29.8 Å². The summed E-state index contributed by atoms with van der Waals surface area (Å²) in [6.45, 7) is 5.46. The largest absolute Gasteiger partial charge is 0.478 e. The van der Waals surface area contributed by atoms with Crippen LogP contribution >= 0.6 is 46.4 Å². The van der Waals surface area contributed by atoms with Crippen molar-refractivity contribution >= 4 is 62.4 Å². The van der Waals surface area contributed by atoms with E-state index in [1.807, 2.05) is 20.8 Å². The lowest BCUT2D eigenvalue weighted by Gasteiger charge is -2.37. The third-order valence-electron chi connectivity index (χ3n) is 5.01. The van der Waals surface area contributed by atoms with Gasteiger partial charge in [0.25, 0.3) is 0 Å². The van der Waals surface area contributed by atoms with Gasteiger partial charge in [0.05, 0.1) is 31.7 Å². The summed E-state index contributed by atoms with van der Waals surface area (Å²) in [5, 5.41) is 10.2. The minimum Gasteiger partial charge on any atom is -0.478 e. The third kappa shape index (κ3) is 4.81. The van der Waals surface area contributed by atoms with E-state index < -0.39 is 33.5 Å². The average Bonchev–Trinajstić information content (AvgIpc) is 3.06. The number of carboxylic acids is 1. The van der Waals surface area contributed by atoms with Gasteiger partial charge >= 0.3 is 5.97 Å². The molecule has 2 atom stereocenters. The summed E-state index contributed by atoms with van der Waals surface area (Å²) < 4.78 is 29.0. The monoisotopic (exact) mass is 537 g/mol. The fourth-order valence-electron chi connectivity index (χ4n) is 3.58. The van der Waals surface area contributed by atoms with Crippen LogP contribution in [0.2, 0.25) is 20.1 Å². The smallest absolute Gasteiger partial charge is 0.333 e. The second kappa shape index (κ2) is 9.53. The predicted molar refractivity (Wildman–Crippen MR) is 130 cm³/mol. The Morgan fingerprint density at radius 1 is 0.969 bits per heavy atom. The maximum atomic E-state index is 13.9. The molecule has 0 amide bonds. The van der Waals surface area contributed by atoms with Crippen molar-refractivity contribution in [2.75, 3.05) is 0 Å². The summed E-state index contributed by atoms with van der Waals surface area (Å²) in [5.74, 6) is -1.24. The van der Waals surface area contributed by atoms with E-state index in [0.29, 0.717) is 5.56 Å². The molecule has 0 radical (unpaired) electrons. The van der Waals surface area contributed by atoms with Gasteiger partial charge in [0, 0.05) is 6.04 Å². The molecule has 1 aliphatic heterocycles. The highest BCUT2D eigenvalue weighted by molar-refractivity contribution is 7.89. The lowest BCUT2D eigenvalue weighted by atomic mass is 9.87. The molecule has 0 bridgehead atoms. The summed E-state index contributed by atoms with van der Waals surface area (Å²) in [6.07, 6.45) is 1.46. The standard InChI is InChI=1S/C21H19Cl4NO4S.CH4/c1-21(2,3)17-10-12(20(27)28)18(11-7-8-13(22)16(25)9-11)26(17)31(29,30)19-14(23)5-4-6-15(19)24;/h4-10,17-18H,1-3H3,(H,27,28);1H4/t17-,18-;/m0./s1. The van der Waals surface area contributed by atoms with Crippen molar-refractivity contribution in [3.63, 3.8) is 0 Å². The van der Waals surface area contributed by atoms with Gasteiger partial charge in [0.2, 0.25) is 10.0 Å². The number of benzene rings is 2. The van der Waals surface area contributed by atoms with Gasteiger partial charge in [-0.3, -0.25) is 0 Å². The Hall–Kier alpha value is -1.28. The first-order valence-electron chi connectivity index (χ1n) is 9.14. The van der Waals surface area contributed by atoms with Gasteiger partial charge in [-0.05, 0) is 35.2 Å². The Morgan fingerprint density at radius 2 is 1.53 bits per heavy atom. The van der Waals surface area contributed by atoms with Crippen molar-refractivity contribution in [1.82, 2.24) is 4.31 Å². The van der Waals surface area contributed by atoms with Crippen LogP contribution in [-0.2, 0) is 14.8 Å². The maximum absolute atomic E-state index is 13.9. The molecule has 0 aliphatic carbocycles. The number of nitrogens with zero attached hydrogens (tertiary/aromatic N) is 1. The molecule has 0 spiro atoms. The van der Waals surface area contributed by atoms with Gasteiger partial charge in [0.1, 0.15) is 4.90 Å².